The normalized spacial score (nSPS) is 13.7. The summed E-state index contributed by atoms with van der Waals surface area (Å²) in [5.41, 5.74) is 5.25. The third kappa shape index (κ3) is 4.43. The van der Waals surface area contributed by atoms with Crippen molar-refractivity contribution in [3.8, 4) is 22.8 Å². The number of anilines is 1. The van der Waals surface area contributed by atoms with Gasteiger partial charge in [0.15, 0.2) is 0 Å². The number of nitrogens with zero attached hydrogens (tertiary/aromatic N) is 1. The second-order valence-corrected chi connectivity index (χ2v) is 9.02. The molecule has 0 bridgehead atoms. The molecular formula is C25H29N3O3. The summed E-state index contributed by atoms with van der Waals surface area (Å²) in [7, 11) is 3.13. The largest absolute Gasteiger partial charge is 0.497 e. The molecule has 1 aliphatic carbocycles. The third-order valence-corrected chi connectivity index (χ3v) is 5.66. The molecule has 0 spiro atoms. The number of carbonyl (C=O) groups excluding carboxylic acids is 1. The summed E-state index contributed by atoms with van der Waals surface area (Å²) < 4.78 is 10.6. The first-order valence-corrected chi connectivity index (χ1v) is 10.5. The quantitative estimate of drug-likeness (QED) is 0.551. The van der Waals surface area contributed by atoms with E-state index < -0.39 is 0 Å². The van der Waals surface area contributed by atoms with Crippen LogP contribution in [0.4, 0.5) is 5.69 Å². The number of nitrogens with one attached hydrogen (secondary N) is 2. The zero-order chi connectivity index (χ0) is 22.2. The van der Waals surface area contributed by atoms with Crippen molar-refractivity contribution in [2.24, 2.45) is 0 Å². The van der Waals surface area contributed by atoms with Gasteiger partial charge in [-0.1, -0.05) is 45.0 Å². The average molecular weight is 420 g/mol. The molecule has 0 atom stereocenters. The number of amides is 1. The molecule has 31 heavy (non-hydrogen) atoms. The molecule has 0 radical (unpaired) electrons. The summed E-state index contributed by atoms with van der Waals surface area (Å²) in [6.45, 7) is 6.57. The molecule has 1 amide bonds. The predicted molar refractivity (Wildman–Crippen MR) is 122 cm³/mol. The van der Waals surface area contributed by atoms with Gasteiger partial charge >= 0.3 is 0 Å². The number of aromatic nitrogens is 2. The van der Waals surface area contributed by atoms with Crippen LogP contribution in [0.5, 0.6) is 11.5 Å². The van der Waals surface area contributed by atoms with Crippen molar-refractivity contribution in [2.75, 3.05) is 19.5 Å². The van der Waals surface area contributed by atoms with Crippen LogP contribution in [0.15, 0.2) is 42.5 Å². The molecule has 162 valence electrons. The second kappa shape index (κ2) is 8.10. The Morgan fingerprint density at radius 3 is 2.16 bits per heavy atom. The Kier molecular flexibility index (Phi) is 5.48. The first-order valence-electron chi connectivity index (χ1n) is 10.5. The molecule has 0 unspecified atom stereocenters. The van der Waals surface area contributed by atoms with Crippen molar-refractivity contribution in [1.29, 1.82) is 0 Å². The van der Waals surface area contributed by atoms with E-state index in [9.17, 15) is 4.79 Å². The maximum atomic E-state index is 13.1. The molecule has 1 aliphatic rings. The van der Waals surface area contributed by atoms with Crippen LogP contribution in [0.2, 0.25) is 0 Å². The number of ether oxygens (including phenoxy) is 2. The fraction of sp³-hybridized carbons (Fsp3) is 0.360. The van der Waals surface area contributed by atoms with Crippen LogP contribution in [-0.4, -0.2) is 30.3 Å². The van der Waals surface area contributed by atoms with Crippen LogP contribution < -0.4 is 14.8 Å². The number of hydrogen-bond donors (Lipinski definition) is 2. The van der Waals surface area contributed by atoms with E-state index in [0.717, 1.165) is 35.5 Å². The predicted octanol–water partition coefficient (Wildman–Crippen LogP) is 5.52. The zero-order valence-electron chi connectivity index (χ0n) is 18.7. The first-order chi connectivity index (χ1) is 14.8. The maximum Gasteiger partial charge on any atom is 0.256 e. The summed E-state index contributed by atoms with van der Waals surface area (Å²) >= 11 is 0. The molecule has 0 aliphatic heterocycles. The van der Waals surface area contributed by atoms with Gasteiger partial charge in [0, 0.05) is 23.1 Å². The molecule has 1 saturated carbocycles. The smallest absolute Gasteiger partial charge is 0.256 e. The highest BCUT2D eigenvalue weighted by Gasteiger charge is 2.31. The van der Waals surface area contributed by atoms with Crippen LogP contribution in [-0.2, 0) is 5.41 Å². The number of benzene rings is 2. The molecule has 0 saturated heterocycles. The van der Waals surface area contributed by atoms with Crippen LogP contribution in [0.25, 0.3) is 11.3 Å². The third-order valence-electron chi connectivity index (χ3n) is 5.66. The van der Waals surface area contributed by atoms with E-state index in [0.29, 0.717) is 23.0 Å². The van der Waals surface area contributed by atoms with E-state index in [1.165, 1.54) is 5.56 Å². The van der Waals surface area contributed by atoms with Crippen molar-refractivity contribution >= 4 is 11.6 Å². The Labute approximate surface area is 183 Å². The number of aromatic amines is 1. The highest BCUT2D eigenvalue weighted by Crippen LogP contribution is 2.45. The van der Waals surface area contributed by atoms with E-state index in [1.54, 1.807) is 32.4 Å². The highest BCUT2D eigenvalue weighted by molar-refractivity contribution is 6.07. The van der Waals surface area contributed by atoms with Gasteiger partial charge in [-0.25, -0.2) is 0 Å². The summed E-state index contributed by atoms with van der Waals surface area (Å²) in [6.07, 6.45) is 2.20. The van der Waals surface area contributed by atoms with Crippen molar-refractivity contribution < 1.29 is 14.3 Å². The van der Waals surface area contributed by atoms with Crippen molar-refractivity contribution in [1.82, 2.24) is 10.2 Å². The van der Waals surface area contributed by atoms with Gasteiger partial charge in [0.25, 0.3) is 5.91 Å². The number of carbonyl (C=O) groups is 1. The zero-order valence-corrected chi connectivity index (χ0v) is 18.7. The molecule has 6 nitrogen and oxygen atoms in total. The van der Waals surface area contributed by atoms with Crippen LogP contribution in [0.1, 0.15) is 61.1 Å². The molecule has 2 N–H and O–H groups in total. The van der Waals surface area contributed by atoms with Crippen LogP contribution in [0, 0.1) is 0 Å². The van der Waals surface area contributed by atoms with Gasteiger partial charge < -0.3 is 14.8 Å². The van der Waals surface area contributed by atoms with Gasteiger partial charge in [0.1, 0.15) is 17.2 Å². The van der Waals surface area contributed by atoms with Crippen LogP contribution >= 0.6 is 0 Å². The molecule has 1 fully saturated rings. The monoisotopic (exact) mass is 419 g/mol. The number of H-pyrrole nitrogens is 1. The van der Waals surface area contributed by atoms with Crippen LogP contribution in [0.3, 0.4) is 0 Å². The fourth-order valence-electron chi connectivity index (χ4n) is 3.61. The Morgan fingerprint density at radius 1 is 1.03 bits per heavy atom. The minimum Gasteiger partial charge on any atom is -0.497 e. The Balaban J connectivity index is 1.68. The molecule has 3 aromatic rings. The second-order valence-electron chi connectivity index (χ2n) is 9.02. The molecular weight excluding hydrogens is 390 g/mol. The molecule has 4 rings (SSSR count). The van der Waals surface area contributed by atoms with Gasteiger partial charge in [-0.05, 0) is 36.0 Å². The lowest BCUT2D eigenvalue weighted by Gasteiger charge is -2.19. The van der Waals surface area contributed by atoms with E-state index in [4.69, 9.17) is 9.47 Å². The lowest BCUT2D eigenvalue weighted by atomic mass is 9.86. The lowest BCUT2D eigenvalue weighted by molar-refractivity contribution is 0.102. The summed E-state index contributed by atoms with van der Waals surface area (Å²) in [5, 5.41) is 10.8. The SMILES string of the molecule is COc1cc(OC)cc(C(=O)Nc2c(-c3ccc(C(C)(C)C)cc3)n[nH]c2C2CC2)c1. The highest BCUT2D eigenvalue weighted by atomic mass is 16.5. The summed E-state index contributed by atoms with van der Waals surface area (Å²) in [4.78, 5) is 13.1. The maximum absolute atomic E-state index is 13.1. The lowest BCUT2D eigenvalue weighted by Crippen LogP contribution is -2.14. The molecule has 6 heteroatoms. The van der Waals surface area contributed by atoms with Gasteiger partial charge in [-0.3, -0.25) is 9.89 Å². The van der Waals surface area contributed by atoms with Crippen molar-refractivity contribution in [3.63, 3.8) is 0 Å². The average Bonchev–Trinajstić information content (AvgIpc) is 3.53. The van der Waals surface area contributed by atoms with Crippen molar-refractivity contribution in [3.05, 3.63) is 59.3 Å². The minimum atomic E-state index is -0.229. The summed E-state index contributed by atoms with van der Waals surface area (Å²) in [5.74, 6) is 1.31. The Morgan fingerprint density at radius 2 is 1.65 bits per heavy atom. The topological polar surface area (TPSA) is 76.2 Å². The van der Waals surface area contributed by atoms with Gasteiger partial charge in [-0.2, -0.15) is 5.10 Å². The first kappa shape index (κ1) is 21.0. The minimum absolute atomic E-state index is 0.0751. The molecule has 1 aromatic heterocycles. The van der Waals surface area contributed by atoms with Gasteiger partial charge in [0.2, 0.25) is 0 Å². The summed E-state index contributed by atoms with van der Waals surface area (Å²) in [6, 6.07) is 13.5. The van der Waals surface area contributed by atoms with E-state index in [-0.39, 0.29) is 11.3 Å². The number of methoxy groups -OCH3 is 2. The number of hydrogen-bond acceptors (Lipinski definition) is 4. The molecule has 2 aromatic carbocycles. The fourth-order valence-corrected chi connectivity index (χ4v) is 3.61. The van der Waals surface area contributed by atoms with Gasteiger partial charge in [-0.15, -0.1) is 0 Å². The Hall–Kier alpha value is -3.28. The van der Waals surface area contributed by atoms with E-state index >= 15 is 0 Å². The van der Waals surface area contributed by atoms with Gasteiger partial charge in [0.05, 0.1) is 25.6 Å². The van der Waals surface area contributed by atoms with E-state index in [2.05, 4.69) is 60.6 Å². The number of rotatable bonds is 6. The van der Waals surface area contributed by atoms with Crippen molar-refractivity contribution in [2.45, 2.75) is 44.9 Å². The standard InChI is InChI=1S/C25H29N3O3/c1-25(2,3)18-10-8-16(9-11-18)22-23(21(27-28-22)15-6-7-15)26-24(29)17-12-19(30-4)14-20(13-17)31-5/h8-15H,6-7H2,1-5H3,(H,26,29)(H,27,28). The molecule has 1 heterocycles. The van der Waals surface area contributed by atoms with E-state index in [1.807, 2.05) is 0 Å². The Bertz CT molecular complexity index is 1070.